The van der Waals surface area contributed by atoms with Crippen molar-refractivity contribution in [1.82, 2.24) is 0 Å². The molecule has 0 saturated carbocycles. The molecule has 1 nitrogen and oxygen atoms in total. The Hall–Kier alpha value is -1.28. The summed E-state index contributed by atoms with van der Waals surface area (Å²) in [7, 11) is 0. The molecule has 1 aliphatic heterocycles. The highest BCUT2D eigenvalue weighted by atomic mass is 32.1. The molecule has 14 heavy (non-hydrogen) atoms. The summed E-state index contributed by atoms with van der Waals surface area (Å²) in [6.45, 7) is 0.837. The molecule has 1 aliphatic rings. The second kappa shape index (κ2) is 3.14. The van der Waals surface area contributed by atoms with Crippen LogP contribution in [0.3, 0.4) is 0 Å². The van der Waals surface area contributed by atoms with Crippen LogP contribution in [0, 0.1) is 0 Å². The van der Waals surface area contributed by atoms with Crippen molar-refractivity contribution in [2.45, 2.75) is 6.42 Å². The third-order valence-electron chi connectivity index (χ3n) is 2.37. The van der Waals surface area contributed by atoms with Gasteiger partial charge in [-0.1, -0.05) is 18.2 Å². The molecule has 0 fully saturated rings. The Morgan fingerprint density at radius 3 is 2.93 bits per heavy atom. The van der Waals surface area contributed by atoms with Crippen LogP contribution in [-0.2, 0) is 4.74 Å². The lowest BCUT2D eigenvalue weighted by atomic mass is 10.2. The van der Waals surface area contributed by atoms with Crippen molar-refractivity contribution in [2.24, 2.45) is 0 Å². The normalized spacial score (nSPS) is 15.6. The third kappa shape index (κ3) is 1.23. The maximum atomic E-state index is 5.54. The van der Waals surface area contributed by atoms with Gasteiger partial charge in [0.1, 0.15) is 5.76 Å². The van der Waals surface area contributed by atoms with Gasteiger partial charge in [0.2, 0.25) is 0 Å². The topological polar surface area (TPSA) is 9.23 Å². The second-order valence-electron chi connectivity index (χ2n) is 3.35. The van der Waals surface area contributed by atoms with Gasteiger partial charge in [-0.05, 0) is 23.6 Å². The largest absolute Gasteiger partial charge is 0.492 e. The van der Waals surface area contributed by atoms with E-state index >= 15 is 0 Å². The van der Waals surface area contributed by atoms with Crippen LogP contribution < -0.4 is 0 Å². The summed E-state index contributed by atoms with van der Waals surface area (Å²) in [4.78, 5) is 1.25. The fourth-order valence-corrected chi connectivity index (χ4v) is 2.75. The van der Waals surface area contributed by atoms with Crippen molar-refractivity contribution in [3.05, 3.63) is 41.3 Å². The van der Waals surface area contributed by atoms with E-state index < -0.39 is 0 Å². The Morgan fingerprint density at radius 1 is 1.21 bits per heavy atom. The van der Waals surface area contributed by atoms with E-state index in [-0.39, 0.29) is 0 Å². The van der Waals surface area contributed by atoms with Crippen LogP contribution in [0.15, 0.2) is 36.4 Å². The Balaban J connectivity index is 2.14. The van der Waals surface area contributed by atoms with Gasteiger partial charge in [0.05, 0.1) is 11.5 Å². The Labute approximate surface area is 86.6 Å². The minimum Gasteiger partial charge on any atom is -0.492 e. The maximum Gasteiger partial charge on any atom is 0.132 e. The molecule has 1 aromatic carbocycles. The molecule has 0 unspecified atom stereocenters. The molecule has 1 aromatic heterocycles. The molecule has 3 rings (SSSR count). The fourth-order valence-electron chi connectivity index (χ4n) is 1.69. The van der Waals surface area contributed by atoms with Crippen molar-refractivity contribution in [3.8, 4) is 0 Å². The molecule has 0 saturated heterocycles. The quantitative estimate of drug-likeness (QED) is 0.685. The van der Waals surface area contributed by atoms with Crippen LogP contribution >= 0.6 is 11.3 Å². The van der Waals surface area contributed by atoms with Crippen LogP contribution in [0.1, 0.15) is 11.3 Å². The molecule has 2 aromatic rings. The molecule has 0 spiro atoms. The predicted octanol–water partition coefficient (Wildman–Crippen LogP) is 3.66. The van der Waals surface area contributed by atoms with Gasteiger partial charge in [0, 0.05) is 11.1 Å². The summed E-state index contributed by atoms with van der Waals surface area (Å²) in [5, 5.41) is 1.31. The average Bonchev–Trinajstić information content (AvgIpc) is 2.86. The smallest absolute Gasteiger partial charge is 0.132 e. The van der Waals surface area contributed by atoms with Crippen LogP contribution in [0.25, 0.3) is 15.8 Å². The van der Waals surface area contributed by atoms with E-state index in [4.69, 9.17) is 4.74 Å². The first-order chi connectivity index (χ1) is 6.93. The number of hydrogen-bond acceptors (Lipinski definition) is 2. The van der Waals surface area contributed by atoms with Gasteiger partial charge in [0.25, 0.3) is 0 Å². The van der Waals surface area contributed by atoms with Crippen LogP contribution in [0.2, 0.25) is 0 Å². The summed E-state index contributed by atoms with van der Waals surface area (Å²) in [6, 6.07) is 10.6. The Bertz CT molecular complexity index is 463. The highest BCUT2D eigenvalue weighted by molar-refractivity contribution is 7.20. The second-order valence-corrected chi connectivity index (χ2v) is 4.44. The highest BCUT2D eigenvalue weighted by Gasteiger charge is 2.10. The van der Waals surface area contributed by atoms with Gasteiger partial charge in [0.15, 0.2) is 0 Å². The summed E-state index contributed by atoms with van der Waals surface area (Å²) in [5.41, 5.74) is 0. The molecule has 0 bridgehead atoms. The van der Waals surface area contributed by atoms with Crippen molar-refractivity contribution in [2.75, 3.05) is 6.61 Å². The van der Waals surface area contributed by atoms with Crippen LogP contribution in [0.5, 0.6) is 0 Å². The molecule has 0 N–H and O–H groups in total. The van der Waals surface area contributed by atoms with E-state index in [0.29, 0.717) is 0 Å². The predicted molar refractivity (Wildman–Crippen MR) is 60.4 cm³/mol. The molecular formula is C12H10OS. The van der Waals surface area contributed by atoms with Gasteiger partial charge in [-0.3, -0.25) is 0 Å². The molecule has 0 radical (unpaired) electrons. The standard InChI is InChI=1S/C12H10OS/c1-2-6-11-9(4-1)8-12(14-11)10-5-3-7-13-10/h1-2,4-6,8H,3,7H2. The Kier molecular flexibility index (Phi) is 1.81. The average molecular weight is 202 g/mol. The zero-order valence-electron chi connectivity index (χ0n) is 7.69. The highest BCUT2D eigenvalue weighted by Crippen LogP contribution is 2.32. The zero-order valence-corrected chi connectivity index (χ0v) is 8.51. The summed E-state index contributed by atoms with van der Waals surface area (Å²) in [5.74, 6) is 1.06. The number of fused-ring (bicyclic) bond motifs is 1. The minimum absolute atomic E-state index is 0.837. The summed E-state index contributed by atoms with van der Waals surface area (Å²) < 4.78 is 6.87. The van der Waals surface area contributed by atoms with Gasteiger partial charge in [-0.15, -0.1) is 11.3 Å². The molecular weight excluding hydrogens is 192 g/mol. The number of benzene rings is 1. The first-order valence-corrected chi connectivity index (χ1v) is 5.57. The van der Waals surface area contributed by atoms with Crippen molar-refractivity contribution in [1.29, 1.82) is 0 Å². The van der Waals surface area contributed by atoms with E-state index in [1.165, 1.54) is 15.0 Å². The summed E-state index contributed by atoms with van der Waals surface area (Å²) in [6.07, 6.45) is 3.22. The Morgan fingerprint density at radius 2 is 2.14 bits per heavy atom. The van der Waals surface area contributed by atoms with E-state index in [0.717, 1.165) is 18.8 Å². The number of thiophene rings is 1. The van der Waals surface area contributed by atoms with E-state index in [1.54, 1.807) is 11.3 Å². The molecule has 0 aliphatic carbocycles. The SMILES string of the molecule is C1=C(c2cc3ccccc3s2)OCC1. The number of hydrogen-bond donors (Lipinski definition) is 0. The fraction of sp³-hybridized carbons (Fsp3) is 0.167. The van der Waals surface area contributed by atoms with E-state index in [9.17, 15) is 0 Å². The number of rotatable bonds is 1. The minimum atomic E-state index is 0.837. The number of ether oxygens (including phenoxy) is 1. The van der Waals surface area contributed by atoms with E-state index in [1.807, 2.05) is 0 Å². The molecule has 70 valence electrons. The lowest BCUT2D eigenvalue weighted by molar-refractivity contribution is 0.308. The van der Waals surface area contributed by atoms with E-state index in [2.05, 4.69) is 36.4 Å². The summed E-state index contributed by atoms with van der Waals surface area (Å²) >= 11 is 1.80. The van der Waals surface area contributed by atoms with Gasteiger partial charge >= 0.3 is 0 Å². The first kappa shape index (κ1) is 8.06. The van der Waals surface area contributed by atoms with Crippen molar-refractivity contribution >= 4 is 27.2 Å². The van der Waals surface area contributed by atoms with Crippen molar-refractivity contribution in [3.63, 3.8) is 0 Å². The van der Waals surface area contributed by atoms with Gasteiger partial charge < -0.3 is 4.74 Å². The third-order valence-corrected chi connectivity index (χ3v) is 3.50. The molecule has 2 heteroatoms. The van der Waals surface area contributed by atoms with Gasteiger partial charge in [-0.25, -0.2) is 0 Å². The molecule has 0 atom stereocenters. The van der Waals surface area contributed by atoms with Crippen molar-refractivity contribution < 1.29 is 4.74 Å². The van der Waals surface area contributed by atoms with Crippen LogP contribution in [0.4, 0.5) is 0 Å². The maximum absolute atomic E-state index is 5.54. The van der Waals surface area contributed by atoms with Crippen LogP contribution in [-0.4, -0.2) is 6.61 Å². The zero-order chi connectivity index (χ0) is 9.38. The lowest BCUT2D eigenvalue weighted by Gasteiger charge is -1.97. The van der Waals surface area contributed by atoms with Gasteiger partial charge in [-0.2, -0.15) is 0 Å². The first-order valence-electron chi connectivity index (χ1n) is 4.75. The monoisotopic (exact) mass is 202 g/mol. The molecule has 0 amide bonds. The molecule has 2 heterocycles. The lowest BCUT2D eigenvalue weighted by Crippen LogP contribution is -1.80.